The van der Waals surface area contributed by atoms with Crippen LogP contribution >= 0.6 is 22.9 Å². The van der Waals surface area contributed by atoms with Crippen LogP contribution in [0.25, 0.3) is 6.08 Å². The van der Waals surface area contributed by atoms with Crippen molar-refractivity contribution in [2.75, 3.05) is 5.32 Å². The number of allylic oxidation sites excluding steroid dienone is 1. The number of fused-ring (bicyclic) bond motifs is 1. The molecular formula is C26H22ClN5O2S. The number of anilines is 1. The molecule has 0 aliphatic carbocycles. The zero-order valence-corrected chi connectivity index (χ0v) is 20.9. The number of carbonyl (C=O) groups is 1. The quantitative estimate of drug-likeness (QED) is 0.462. The second kappa shape index (κ2) is 9.13. The van der Waals surface area contributed by atoms with Crippen molar-refractivity contribution in [2.45, 2.75) is 19.9 Å². The molecule has 1 aliphatic rings. The van der Waals surface area contributed by atoms with Crippen molar-refractivity contribution in [3.63, 3.8) is 0 Å². The summed E-state index contributed by atoms with van der Waals surface area (Å²) in [6.07, 6.45) is 5.32. The first-order valence-electron chi connectivity index (χ1n) is 11.0. The normalized spacial score (nSPS) is 15.7. The van der Waals surface area contributed by atoms with Crippen molar-refractivity contribution < 1.29 is 4.79 Å². The van der Waals surface area contributed by atoms with E-state index >= 15 is 0 Å². The van der Waals surface area contributed by atoms with Crippen LogP contribution < -0.4 is 20.2 Å². The van der Waals surface area contributed by atoms with Gasteiger partial charge in [-0.1, -0.05) is 53.3 Å². The summed E-state index contributed by atoms with van der Waals surface area (Å²) >= 11 is 7.43. The van der Waals surface area contributed by atoms with Crippen molar-refractivity contribution in [3.05, 3.63) is 114 Å². The van der Waals surface area contributed by atoms with E-state index < -0.39 is 6.04 Å². The van der Waals surface area contributed by atoms with E-state index in [1.807, 2.05) is 56.6 Å². The summed E-state index contributed by atoms with van der Waals surface area (Å²) in [4.78, 5) is 32.5. The highest BCUT2D eigenvalue weighted by molar-refractivity contribution is 7.07. The fraction of sp³-hybridized carbons (Fsp3) is 0.154. The number of rotatable bonds is 4. The largest absolute Gasteiger partial charge is 0.322 e. The molecule has 0 bridgehead atoms. The highest BCUT2D eigenvalue weighted by Crippen LogP contribution is 2.31. The summed E-state index contributed by atoms with van der Waals surface area (Å²) in [5.74, 6) is -0.304. The minimum absolute atomic E-state index is 0.216. The molecule has 0 unspecified atom stereocenters. The molecule has 7 nitrogen and oxygen atoms in total. The van der Waals surface area contributed by atoms with Gasteiger partial charge >= 0.3 is 0 Å². The Labute approximate surface area is 210 Å². The van der Waals surface area contributed by atoms with E-state index in [4.69, 9.17) is 11.6 Å². The molecule has 176 valence electrons. The molecule has 5 rings (SSSR count). The second-order valence-electron chi connectivity index (χ2n) is 8.35. The minimum atomic E-state index is -0.649. The summed E-state index contributed by atoms with van der Waals surface area (Å²) in [6.45, 7) is 3.73. The van der Waals surface area contributed by atoms with Gasteiger partial charge in [0.25, 0.3) is 11.5 Å². The van der Waals surface area contributed by atoms with Crippen LogP contribution in [-0.4, -0.2) is 20.3 Å². The predicted molar refractivity (Wildman–Crippen MR) is 138 cm³/mol. The smallest absolute Gasteiger partial charge is 0.271 e. The number of para-hydroxylation sites is 1. The van der Waals surface area contributed by atoms with E-state index in [1.165, 1.54) is 11.3 Å². The average Bonchev–Trinajstić information content (AvgIpc) is 3.37. The van der Waals surface area contributed by atoms with Crippen LogP contribution in [0.4, 0.5) is 5.69 Å². The highest BCUT2D eigenvalue weighted by atomic mass is 35.5. The Morgan fingerprint density at radius 3 is 2.57 bits per heavy atom. The van der Waals surface area contributed by atoms with Gasteiger partial charge in [0.05, 0.1) is 28.0 Å². The van der Waals surface area contributed by atoms with Crippen molar-refractivity contribution in [1.82, 2.24) is 14.3 Å². The van der Waals surface area contributed by atoms with Crippen LogP contribution in [0.5, 0.6) is 0 Å². The molecule has 0 radical (unpaired) electrons. The van der Waals surface area contributed by atoms with E-state index in [1.54, 1.807) is 40.6 Å². The van der Waals surface area contributed by atoms with Crippen LogP contribution in [0.1, 0.15) is 29.7 Å². The first-order chi connectivity index (χ1) is 16.8. The molecule has 1 atom stereocenters. The Morgan fingerprint density at radius 2 is 1.89 bits per heavy atom. The number of aryl methyl sites for hydroxylation is 2. The number of benzene rings is 2. The molecule has 1 aliphatic heterocycles. The summed E-state index contributed by atoms with van der Waals surface area (Å²) in [6, 6.07) is 14.1. The Kier molecular flexibility index (Phi) is 6.00. The van der Waals surface area contributed by atoms with Gasteiger partial charge in [-0.3, -0.25) is 18.8 Å². The number of carbonyl (C=O) groups excluding carboxylic acids is 1. The van der Waals surface area contributed by atoms with Gasteiger partial charge in [-0.2, -0.15) is 5.10 Å². The van der Waals surface area contributed by atoms with Gasteiger partial charge in [0.2, 0.25) is 0 Å². The van der Waals surface area contributed by atoms with Gasteiger partial charge in [-0.25, -0.2) is 4.99 Å². The second-order valence-corrected chi connectivity index (χ2v) is 9.80. The Morgan fingerprint density at radius 1 is 1.14 bits per heavy atom. The summed E-state index contributed by atoms with van der Waals surface area (Å²) < 4.78 is 3.79. The molecule has 2 aromatic heterocycles. The first kappa shape index (κ1) is 23.0. The lowest BCUT2D eigenvalue weighted by Crippen LogP contribution is -2.40. The Balaban J connectivity index is 1.68. The molecule has 0 fully saturated rings. The van der Waals surface area contributed by atoms with E-state index in [2.05, 4.69) is 15.4 Å². The average molecular weight is 504 g/mol. The van der Waals surface area contributed by atoms with Gasteiger partial charge in [-0.05, 0) is 49.2 Å². The number of nitrogens with one attached hydrogen (secondary N) is 1. The fourth-order valence-corrected chi connectivity index (χ4v) is 5.31. The van der Waals surface area contributed by atoms with Crippen molar-refractivity contribution in [2.24, 2.45) is 12.0 Å². The van der Waals surface area contributed by atoms with Gasteiger partial charge in [0, 0.05) is 29.5 Å². The maximum Gasteiger partial charge on any atom is 0.271 e. The van der Waals surface area contributed by atoms with E-state index in [0.717, 1.165) is 16.7 Å². The van der Waals surface area contributed by atoms with Crippen LogP contribution in [0.2, 0.25) is 5.02 Å². The monoisotopic (exact) mass is 503 g/mol. The minimum Gasteiger partial charge on any atom is -0.322 e. The molecule has 3 heterocycles. The standard InChI is InChI=1S/C26H22ClN5O2S/c1-15-6-4-5-7-20(15)30-24(33)22-16(2)29-26-32(23(22)18-8-10-19(27)11-9-18)25(34)21(35-26)12-17-13-28-31(3)14-17/h4-14,23H,1-3H3,(H,30,33)/b21-12+/t23-/m1/s1. The number of hydrogen-bond acceptors (Lipinski definition) is 5. The predicted octanol–water partition coefficient (Wildman–Crippen LogP) is 3.57. The van der Waals surface area contributed by atoms with Gasteiger partial charge in [0.15, 0.2) is 4.80 Å². The van der Waals surface area contributed by atoms with Crippen molar-refractivity contribution in [1.29, 1.82) is 0 Å². The lowest BCUT2D eigenvalue weighted by molar-refractivity contribution is -0.113. The molecule has 0 saturated carbocycles. The SMILES string of the molecule is CC1=C(C(=O)Nc2ccccc2C)[C@@H](c2ccc(Cl)cc2)n2c(s/c(=C/c3cnn(C)c3)c2=O)=N1. The summed E-state index contributed by atoms with van der Waals surface area (Å²) in [5.41, 5.74) is 3.99. The third kappa shape index (κ3) is 4.38. The third-order valence-corrected chi connectivity index (χ3v) is 7.10. The van der Waals surface area contributed by atoms with E-state index in [-0.39, 0.29) is 11.5 Å². The first-order valence-corrected chi connectivity index (χ1v) is 12.1. The number of thiazole rings is 1. The zero-order chi connectivity index (χ0) is 24.7. The van der Waals surface area contributed by atoms with Gasteiger partial charge < -0.3 is 5.32 Å². The van der Waals surface area contributed by atoms with E-state index in [9.17, 15) is 9.59 Å². The molecule has 9 heteroatoms. The third-order valence-electron chi connectivity index (χ3n) is 5.87. The van der Waals surface area contributed by atoms with Gasteiger partial charge in [-0.15, -0.1) is 0 Å². The molecule has 0 spiro atoms. The number of nitrogens with zero attached hydrogens (tertiary/aromatic N) is 4. The summed E-state index contributed by atoms with van der Waals surface area (Å²) in [7, 11) is 1.82. The number of amides is 1. The molecular weight excluding hydrogens is 482 g/mol. The maximum absolute atomic E-state index is 13.6. The molecule has 4 aromatic rings. The summed E-state index contributed by atoms with van der Waals surface area (Å²) in [5, 5.41) is 7.75. The molecule has 35 heavy (non-hydrogen) atoms. The zero-order valence-electron chi connectivity index (χ0n) is 19.3. The number of aromatic nitrogens is 3. The fourth-order valence-electron chi connectivity index (χ4n) is 4.14. The number of hydrogen-bond donors (Lipinski definition) is 1. The van der Waals surface area contributed by atoms with Gasteiger partial charge in [0.1, 0.15) is 0 Å². The Bertz CT molecular complexity index is 1660. The lowest BCUT2D eigenvalue weighted by Gasteiger charge is -2.25. The topological polar surface area (TPSA) is 81.3 Å². The molecule has 2 aromatic carbocycles. The van der Waals surface area contributed by atoms with Crippen LogP contribution in [0, 0.1) is 6.92 Å². The Hall–Kier alpha value is -3.75. The highest BCUT2D eigenvalue weighted by Gasteiger charge is 2.32. The van der Waals surface area contributed by atoms with Crippen LogP contribution in [0.3, 0.4) is 0 Å². The van der Waals surface area contributed by atoms with Crippen LogP contribution in [-0.2, 0) is 11.8 Å². The van der Waals surface area contributed by atoms with Crippen molar-refractivity contribution >= 4 is 40.6 Å². The van der Waals surface area contributed by atoms with E-state index in [0.29, 0.717) is 31.3 Å². The molecule has 1 N–H and O–H groups in total. The van der Waals surface area contributed by atoms with Crippen LogP contribution in [0.15, 0.2) is 82.0 Å². The lowest BCUT2D eigenvalue weighted by atomic mass is 9.95. The number of halogens is 1. The van der Waals surface area contributed by atoms with Crippen molar-refractivity contribution in [3.8, 4) is 0 Å². The molecule has 0 saturated heterocycles. The maximum atomic E-state index is 13.6. The molecule has 1 amide bonds.